The highest BCUT2D eigenvalue weighted by Crippen LogP contribution is 2.26. The summed E-state index contributed by atoms with van der Waals surface area (Å²) in [6.07, 6.45) is 0. The van der Waals surface area contributed by atoms with Gasteiger partial charge in [0.15, 0.2) is 5.69 Å². The molecule has 0 amide bonds. The lowest BCUT2D eigenvalue weighted by Gasteiger charge is -2.07. The Hall–Kier alpha value is -2.44. The molecule has 0 atom stereocenters. The van der Waals surface area contributed by atoms with Gasteiger partial charge in [0.05, 0.1) is 13.7 Å². The van der Waals surface area contributed by atoms with Crippen LogP contribution in [0.4, 0.5) is 4.39 Å². The minimum Gasteiger partial charge on any atom is -0.497 e. The zero-order chi connectivity index (χ0) is 13.8. The van der Waals surface area contributed by atoms with Gasteiger partial charge in [-0.15, -0.1) is 5.10 Å². The molecule has 0 fully saturated rings. The minimum absolute atomic E-state index is 0.0488. The van der Waals surface area contributed by atoms with Crippen molar-refractivity contribution in [2.45, 2.75) is 6.54 Å². The fourth-order valence-electron chi connectivity index (χ4n) is 1.75. The molecule has 6 nitrogen and oxygen atoms in total. The molecule has 1 aromatic heterocycles. The molecule has 7 heteroatoms. The molecule has 2 rings (SSSR count). The van der Waals surface area contributed by atoms with E-state index in [0.29, 0.717) is 11.3 Å². The van der Waals surface area contributed by atoms with Crippen molar-refractivity contribution in [3.8, 4) is 17.0 Å². The second-order valence-electron chi connectivity index (χ2n) is 3.74. The fourth-order valence-corrected chi connectivity index (χ4v) is 1.75. The Morgan fingerprint density at radius 3 is 2.95 bits per heavy atom. The summed E-state index contributed by atoms with van der Waals surface area (Å²) < 4.78 is 18.8. The number of ether oxygens (including phenoxy) is 1. The number of aromatic nitrogens is 3. The lowest BCUT2D eigenvalue weighted by Crippen LogP contribution is -2.06. The van der Waals surface area contributed by atoms with Crippen LogP contribution in [0.15, 0.2) is 24.3 Å². The first-order valence-corrected chi connectivity index (χ1v) is 5.54. The molecule has 0 aliphatic heterocycles. The second-order valence-corrected chi connectivity index (χ2v) is 3.74. The molecule has 1 heterocycles. The number of hydrogen-bond acceptors (Lipinski definition) is 4. The molecule has 0 saturated carbocycles. The monoisotopic (exact) mass is 265 g/mol. The first-order valence-electron chi connectivity index (χ1n) is 5.54. The fraction of sp³-hybridized carbons (Fsp3) is 0.250. The average molecular weight is 265 g/mol. The van der Waals surface area contributed by atoms with Gasteiger partial charge in [-0.05, 0) is 12.1 Å². The highest BCUT2D eigenvalue weighted by molar-refractivity contribution is 5.92. The van der Waals surface area contributed by atoms with Crippen LogP contribution in [0.25, 0.3) is 11.3 Å². The molecule has 19 heavy (non-hydrogen) atoms. The second kappa shape index (κ2) is 5.47. The van der Waals surface area contributed by atoms with Crippen molar-refractivity contribution in [1.82, 2.24) is 15.0 Å². The molecule has 1 N–H and O–H groups in total. The van der Waals surface area contributed by atoms with Crippen LogP contribution in [0.5, 0.6) is 5.75 Å². The highest BCUT2D eigenvalue weighted by Gasteiger charge is 2.20. The number of rotatable bonds is 5. The van der Waals surface area contributed by atoms with Crippen molar-refractivity contribution < 1.29 is 19.0 Å². The Kier molecular flexibility index (Phi) is 3.74. The van der Waals surface area contributed by atoms with Gasteiger partial charge in [-0.2, -0.15) is 0 Å². The number of methoxy groups -OCH3 is 1. The van der Waals surface area contributed by atoms with Gasteiger partial charge in [0.2, 0.25) is 0 Å². The summed E-state index contributed by atoms with van der Waals surface area (Å²) in [5.41, 5.74) is 0.626. The van der Waals surface area contributed by atoms with Crippen LogP contribution in [-0.2, 0) is 6.54 Å². The number of carboxylic acid groups (broad SMARTS) is 1. The maximum atomic E-state index is 12.5. The molecule has 0 unspecified atom stereocenters. The molecule has 100 valence electrons. The standard InChI is InChI=1S/C12H12FN3O3/c1-19-9-4-2-3-8(7-9)11-10(12(17)18)14-15-16(11)6-5-13/h2-4,7H,5-6H2,1H3,(H,17,18). The van der Waals surface area contributed by atoms with E-state index in [1.54, 1.807) is 24.3 Å². The molecule has 0 spiro atoms. The summed E-state index contributed by atoms with van der Waals surface area (Å²) in [4.78, 5) is 11.1. The molecule has 0 bridgehead atoms. The van der Waals surface area contributed by atoms with Gasteiger partial charge in [0.25, 0.3) is 0 Å². The smallest absolute Gasteiger partial charge is 0.358 e. The zero-order valence-corrected chi connectivity index (χ0v) is 10.2. The van der Waals surface area contributed by atoms with Crippen molar-refractivity contribution in [3.05, 3.63) is 30.0 Å². The number of carbonyl (C=O) groups is 1. The largest absolute Gasteiger partial charge is 0.497 e. The van der Waals surface area contributed by atoms with Crippen LogP contribution in [0, 0.1) is 0 Å². The quantitative estimate of drug-likeness (QED) is 0.888. The molecule has 0 saturated heterocycles. The summed E-state index contributed by atoms with van der Waals surface area (Å²) in [6.45, 7) is -0.702. The minimum atomic E-state index is -1.21. The third kappa shape index (κ3) is 2.54. The van der Waals surface area contributed by atoms with Gasteiger partial charge in [-0.25, -0.2) is 13.9 Å². The number of alkyl halides is 1. The number of hydrogen-bond donors (Lipinski definition) is 1. The van der Waals surface area contributed by atoms with Crippen LogP contribution < -0.4 is 4.74 Å². The van der Waals surface area contributed by atoms with E-state index in [2.05, 4.69) is 10.3 Å². The summed E-state index contributed by atoms with van der Waals surface area (Å²) >= 11 is 0. The van der Waals surface area contributed by atoms with Gasteiger partial charge >= 0.3 is 5.97 Å². The van der Waals surface area contributed by atoms with Gasteiger partial charge in [0.1, 0.15) is 18.1 Å². The predicted molar refractivity (Wildman–Crippen MR) is 64.9 cm³/mol. The molecule has 0 aliphatic carbocycles. The van der Waals surface area contributed by atoms with E-state index in [9.17, 15) is 9.18 Å². The first kappa shape index (κ1) is 13.0. The van der Waals surface area contributed by atoms with Crippen molar-refractivity contribution in [2.75, 3.05) is 13.8 Å². The highest BCUT2D eigenvalue weighted by atomic mass is 19.1. The number of halogens is 1. The third-order valence-corrected chi connectivity index (χ3v) is 2.58. The summed E-state index contributed by atoms with van der Waals surface area (Å²) in [6, 6.07) is 6.79. The van der Waals surface area contributed by atoms with Gasteiger partial charge in [-0.1, -0.05) is 17.3 Å². The Morgan fingerprint density at radius 1 is 1.53 bits per heavy atom. The number of nitrogens with zero attached hydrogens (tertiary/aromatic N) is 3. The van der Waals surface area contributed by atoms with Crippen molar-refractivity contribution in [1.29, 1.82) is 0 Å². The van der Waals surface area contributed by atoms with Gasteiger partial charge in [0, 0.05) is 5.56 Å². The molecular formula is C12H12FN3O3. The van der Waals surface area contributed by atoms with Crippen LogP contribution in [0.1, 0.15) is 10.5 Å². The number of carboxylic acids is 1. The molecule has 0 radical (unpaired) electrons. The third-order valence-electron chi connectivity index (χ3n) is 2.58. The maximum Gasteiger partial charge on any atom is 0.358 e. The number of benzene rings is 1. The Balaban J connectivity index is 2.57. The summed E-state index contributed by atoms with van der Waals surface area (Å²) in [5.74, 6) is -0.634. The predicted octanol–water partition coefficient (Wildman–Crippen LogP) is 1.62. The number of aryl methyl sites for hydroxylation is 1. The van der Waals surface area contributed by atoms with E-state index in [0.717, 1.165) is 0 Å². The van der Waals surface area contributed by atoms with Gasteiger partial charge < -0.3 is 9.84 Å². The van der Waals surface area contributed by atoms with Crippen LogP contribution in [0.3, 0.4) is 0 Å². The first-order chi connectivity index (χ1) is 9.17. The van der Waals surface area contributed by atoms with Crippen LogP contribution in [-0.4, -0.2) is 39.9 Å². The Bertz CT molecular complexity index is 598. The summed E-state index contributed by atoms with van der Waals surface area (Å²) in [5, 5.41) is 16.3. The van der Waals surface area contributed by atoms with E-state index < -0.39 is 12.6 Å². The lowest BCUT2D eigenvalue weighted by atomic mass is 10.1. The lowest BCUT2D eigenvalue weighted by molar-refractivity contribution is 0.0691. The van der Waals surface area contributed by atoms with E-state index in [1.807, 2.05) is 0 Å². The van der Waals surface area contributed by atoms with E-state index in [1.165, 1.54) is 11.8 Å². The van der Waals surface area contributed by atoms with E-state index in [-0.39, 0.29) is 17.9 Å². The molecule has 0 aliphatic rings. The summed E-state index contributed by atoms with van der Waals surface area (Å²) in [7, 11) is 1.51. The SMILES string of the molecule is COc1cccc(-c2c(C(=O)O)nnn2CCF)c1. The Morgan fingerprint density at radius 2 is 2.32 bits per heavy atom. The topological polar surface area (TPSA) is 77.2 Å². The zero-order valence-electron chi connectivity index (χ0n) is 10.2. The average Bonchev–Trinajstić information content (AvgIpc) is 2.83. The van der Waals surface area contributed by atoms with Crippen molar-refractivity contribution in [2.24, 2.45) is 0 Å². The van der Waals surface area contributed by atoms with E-state index >= 15 is 0 Å². The van der Waals surface area contributed by atoms with Crippen molar-refractivity contribution in [3.63, 3.8) is 0 Å². The molecular weight excluding hydrogens is 253 g/mol. The van der Waals surface area contributed by atoms with Crippen molar-refractivity contribution >= 4 is 5.97 Å². The van der Waals surface area contributed by atoms with Crippen LogP contribution in [0.2, 0.25) is 0 Å². The maximum absolute atomic E-state index is 12.5. The van der Waals surface area contributed by atoms with Crippen LogP contribution >= 0.6 is 0 Å². The van der Waals surface area contributed by atoms with E-state index in [4.69, 9.17) is 9.84 Å². The molecule has 1 aromatic carbocycles. The number of aromatic carboxylic acids is 1. The Labute approximate surface area is 108 Å². The van der Waals surface area contributed by atoms with Gasteiger partial charge in [-0.3, -0.25) is 0 Å². The normalized spacial score (nSPS) is 10.4. The molecule has 2 aromatic rings.